The number of primary amides is 1. The lowest BCUT2D eigenvalue weighted by molar-refractivity contribution is -0.271. The molecule has 0 aliphatic heterocycles. The number of amides is 1. The number of carbonyl (C=O) groups excluding carboxylic acids is 1. The standard InChI is InChI=1S/C26H29F3N5O4/c1-38-20-5-3-2-4-18(20)15-33(37)14-16-6-8-17(9-7-16)22-21(24(31)35)23(30)34(32-22)19-10-12-25(36,13-11-19)26(27,28)29/h2-9,19,36H,10-15,30H2,1H3,(H2,31,35)/q-1. The van der Waals surface area contributed by atoms with Crippen LogP contribution in [0, 0.1) is 5.21 Å². The molecule has 1 amide bonds. The van der Waals surface area contributed by atoms with Gasteiger partial charge in [-0.2, -0.15) is 18.3 Å². The molecule has 0 unspecified atom stereocenters. The van der Waals surface area contributed by atoms with Gasteiger partial charge in [0, 0.05) is 24.2 Å². The van der Waals surface area contributed by atoms with E-state index in [4.69, 9.17) is 16.2 Å². The topological polar surface area (TPSA) is 143 Å². The van der Waals surface area contributed by atoms with Crippen LogP contribution in [-0.4, -0.2) is 44.7 Å². The van der Waals surface area contributed by atoms with E-state index < -0.39 is 36.6 Å². The van der Waals surface area contributed by atoms with Crippen molar-refractivity contribution in [2.45, 2.75) is 56.6 Å². The second-order valence-electron chi connectivity index (χ2n) is 9.48. The molecule has 12 heteroatoms. The molecule has 38 heavy (non-hydrogen) atoms. The van der Waals surface area contributed by atoms with Gasteiger partial charge in [-0.3, -0.25) is 4.79 Å². The van der Waals surface area contributed by atoms with Crippen molar-refractivity contribution in [2.75, 3.05) is 12.8 Å². The number of alkyl halides is 3. The fourth-order valence-corrected chi connectivity index (χ4v) is 4.83. The number of aromatic nitrogens is 2. The average Bonchev–Trinajstić information content (AvgIpc) is 3.22. The third-order valence-electron chi connectivity index (χ3n) is 6.98. The minimum atomic E-state index is -4.73. The number of carbonyl (C=O) groups is 1. The van der Waals surface area contributed by atoms with Crippen LogP contribution in [0.4, 0.5) is 19.0 Å². The summed E-state index contributed by atoms with van der Waals surface area (Å²) in [6.07, 6.45) is -5.78. The Balaban J connectivity index is 1.51. The van der Waals surface area contributed by atoms with Crippen LogP contribution in [0.25, 0.3) is 11.3 Å². The van der Waals surface area contributed by atoms with Gasteiger partial charge in [0.1, 0.15) is 22.8 Å². The van der Waals surface area contributed by atoms with Crippen molar-refractivity contribution in [1.29, 1.82) is 0 Å². The minimum absolute atomic E-state index is 0.0238. The smallest absolute Gasteiger partial charge is 0.417 e. The van der Waals surface area contributed by atoms with E-state index in [2.05, 4.69) is 5.10 Å². The minimum Gasteiger partial charge on any atom is -0.785 e. The van der Waals surface area contributed by atoms with E-state index in [-0.39, 0.29) is 43.0 Å². The van der Waals surface area contributed by atoms with E-state index in [1.165, 1.54) is 11.8 Å². The number of para-hydroxylation sites is 1. The van der Waals surface area contributed by atoms with Crippen molar-refractivity contribution in [2.24, 2.45) is 5.73 Å². The average molecular weight is 533 g/mol. The van der Waals surface area contributed by atoms with Crippen LogP contribution in [0.5, 0.6) is 5.75 Å². The van der Waals surface area contributed by atoms with Gasteiger partial charge >= 0.3 is 6.18 Å². The summed E-state index contributed by atoms with van der Waals surface area (Å²) in [4.78, 5) is 12.2. The zero-order valence-electron chi connectivity index (χ0n) is 20.7. The highest BCUT2D eigenvalue weighted by Gasteiger charge is 2.55. The summed E-state index contributed by atoms with van der Waals surface area (Å²) >= 11 is 0. The third kappa shape index (κ3) is 5.47. The summed E-state index contributed by atoms with van der Waals surface area (Å²) in [5.41, 5.74) is 11.1. The lowest BCUT2D eigenvalue weighted by atomic mass is 9.81. The maximum Gasteiger partial charge on any atom is 0.417 e. The highest BCUT2D eigenvalue weighted by molar-refractivity contribution is 6.03. The van der Waals surface area contributed by atoms with E-state index in [0.29, 0.717) is 16.9 Å². The number of ether oxygens (including phenoxy) is 1. The Hall–Kier alpha value is -3.61. The molecule has 2 aromatic carbocycles. The largest absolute Gasteiger partial charge is 0.785 e. The maximum atomic E-state index is 13.2. The number of methoxy groups -OCH3 is 1. The summed E-state index contributed by atoms with van der Waals surface area (Å²) in [6.45, 7) is 0.227. The van der Waals surface area contributed by atoms with Crippen LogP contribution in [-0.2, 0) is 13.1 Å². The number of nitrogens with zero attached hydrogens (tertiary/aromatic N) is 3. The Kier molecular flexibility index (Phi) is 7.68. The van der Waals surface area contributed by atoms with Gasteiger partial charge < -0.3 is 31.6 Å². The van der Waals surface area contributed by atoms with Crippen molar-refractivity contribution in [3.05, 3.63) is 70.4 Å². The molecule has 1 saturated carbocycles. The van der Waals surface area contributed by atoms with Crippen LogP contribution in [0.3, 0.4) is 0 Å². The number of hydrogen-bond donors (Lipinski definition) is 3. The predicted octanol–water partition coefficient (Wildman–Crippen LogP) is 4.15. The number of benzene rings is 2. The van der Waals surface area contributed by atoms with Crippen LogP contribution >= 0.6 is 0 Å². The number of aliphatic hydroxyl groups is 1. The molecule has 1 fully saturated rings. The van der Waals surface area contributed by atoms with Crippen LogP contribution in [0.2, 0.25) is 0 Å². The molecule has 1 aliphatic rings. The van der Waals surface area contributed by atoms with Crippen molar-refractivity contribution in [1.82, 2.24) is 14.8 Å². The Morgan fingerprint density at radius 2 is 1.82 bits per heavy atom. The molecule has 9 nitrogen and oxygen atoms in total. The zero-order chi connectivity index (χ0) is 27.7. The summed E-state index contributed by atoms with van der Waals surface area (Å²) in [6, 6.07) is 13.5. The second-order valence-corrected chi connectivity index (χ2v) is 9.48. The van der Waals surface area contributed by atoms with Gasteiger partial charge in [-0.05, 0) is 37.3 Å². The number of hydroxylamine groups is 2. The fourth-order valence-electron chi connectivity index (χ4n) is 4.83. The number of halogens is 3. The van der Waals surface area contributed by atoms with Gasteiger partial charge in [-0.25, -0.2) is 4.68 Å². The number of nitrogens with two attached hydrogens (primary N) is 2. The van der Waals surface area contributed by atoms with Crippen molar-refractivity contribution >= 4 is 11.7 Å². The first kappa shape index (κ1) is 27.4. The van der Waals surface area contributed by atoms with Gasteiger partial charge in [0.05, 0.1) is 13.2 Å². The lowest BCUT2D eigenvalue weighted by Crippen LogP contribution is -2.48. The molecule has 0 bridgehead atoms. The molecule has 1 heterocycles. The van der Waals surface area contributed by atoms with Gasteiger partial charge in [-0.15, -0.1) is 0 Å². The van der Waals surface area contributed by atoms with E-state index >= 15 is 0 Å². The molecular formula is C26H29F3N5O4-. The fraction of sp³-hybridized carbons (Fsp3) is 0.385. The van der Waals surface area contributed by atoms with Gasteiger partial charge in [0.15, 0.2) is 5.60 Å². The Labute approximate surface area is 217 Å². The van der Waals surface area contributed by atoms with Gasteiger partial charge in [-0.1, -0.05) is 42.5 Å². The van der Waals surface area contributed by atoms with Crippen molar-refractivity contribution < 1.29 is 27.8 Å². The van der Waals surface area contributed by atoms with E-state index in [0.717, 1.165) is 10.6 Å². The highest BCUT2D eigenvalue weighted by Crippen LogP contribution is 2.45. The summed E-state index contributed by atoms with van der Waals surface area (Å²) < 4.78 is 46.2. The molecule has 204 valence electrons. The molecule has 3 aromatic rings. The molecule has 0 atom stereocenters. The molecular weight excluding hydrogens is 503 g/mol. The molecule has 1 aliphatic carbocycles. The van der Waals surface area contributed by atoms with Crippen LogP contribution < -0.4 is 16.2 Å². The van der Waals surface area contributed by atoms with Gasteiger partial charge in [0.2, 0.25) is 0 Å². The Bertz CT molecular complexity index is 1290. The predicted molar refractivity (Wildman–Crippen MR) is 135 cm³/mol. The van der Waals surface area contributed by atoms with Gasteiger partial charge in [0.25, 0.3) is 5.91 Å². The summed E-state index contributed by atoms with van der Waals surface area (Å²) in [7, 11) is 1.54. The first-order valence-electron chi connectivity index (χ1n) is 12.0. The van der Waals surface area contributed by atoms with Crippen LogP contribution in [0.15, 0.2) is 48.5 Å². The number of anilines is 1. The van der Waals surface area contributed by atoms with E-state index in [9.17, 15) is 28.3 Å². The third-order valence-corrected chi connectivity index (χ3v) is 6.98. The summed E-state index contributed by atoms with van der Waals surface area (Å²) in [5.74, 6) is -0.239. The molecule has 1 aromatic heterocycles. The first-order valence-corrected chi connectivity index (χ1v) is 12.0. The molecule has 4 rings (SSSR count). The molecule has 0 spiro atoms. The molecule has 0 radical (unpaired) electrons. The lowest BCUT2D eigenvalue weighted by Gasteiger charge is -2.37. The SMILES string of the molecule is COc1ccccc1CN([O-])Cc1ccc(-c2nn(C3CCC(O)(C(F)(F)F)CC3)c(N)c2C(N)=O)cc1. The monoisotopic (exact) mass is 532 g/mol. The van der Waals surface area contributed by atoms with Crippen molar-refractivity contribution in [3.8, 4) is 17.0 Å². The molecule has 5 N–H and O–H groups in total. The van der Waals surface area contributed by atoms with E-state index in [1.807, 2.05) is 18.2 Å². The quantitative estimate of drug-likeness (QED) is 0.370. The first-order chi connectivity index (χ1) is 17.9. The molecule has 0 saturated heterocycles. The number of nitrogen functional groups attached to an aromatic ring is 1. The Morgan fingerprint density at radius 3 is 2.39 bits per heavy atom. The van der Waals surface area contributed by atoms with Crippen molar-refractivity contribution in [3.63, 3.8) is 0 Å². The van der Waals surface area contributed by atoms with Crippen LogP contribution in [0.1, 0.15) is 53.2 Å². The summed E-state index contributed by atoms with van der Waals surface area (Å²) in [5, 5.41) is 27.9. The normalized spacial score (nSPS) is 20.0. The van der Waals surface area contributed by atoms with E-state index in [1.54, 1.807) is 30.3 Å². The Morgan fingerprint density at radius 1 is 1.18 bits per heavy atom. The second kappa shape index (κ2) is 10.6. The number of rotatable bonds is 8. The highest BCUT2D eigenvalue weighted by atomic mass is 19.4. The number of hydrogen-bond acceptors (Lipinski definition) is 7. The maximum absolute atomic E-state index is 13.2. The zero-order valence-corrected chi connectivity index (χ0v) is 20.7.